The van der Waals surface area contributed by atoms with Crippen molar-refractivity contribution in [2.45, 2.75) is 38.1 Å². The van der Waals surface area contributed by atoms with E-state index in [9.17, 15) is 8.42 Å². The molecule has 18 heavy (non-hydrogen) atoms. The van der Waals surface area contributed by atoms with Crippen LogP contribution in [0.15, 0.2) is 4.90 Å². The molecule has 0 amide bonds. The molecule has 0 radical (unpaired) electrons. The van der Waals surface area contributed by atoms with Gasteiger partial charge in [-0.2, -0.15) is 9.40 Å². The zero-order valence-electron chi connectivity index (χ0n) is 11.6. The van der Waals surface area contributed by atoms with Gasteiger partial charge in [0.05, 0.1) is 11.4 Å². The molecule has 1 heterocycles. The SMILES string of the molecule is Cc1nn(C)c(C)c1S(=O)(=O)N(C)C(C)CCN. The van der Waals surface area contributed by atoms with Crippen LogP contribution in [0.1, 0.15) is 24.7 Å². The van der Waals surface area contributed by atoms with Crippen LogP contribution in [0, 0.1) is 13.8 Å². The van der Waals surface area contributed by atoms with E-state index in [1.54, 1.807) is 32.6 Å². The fraction of sp³-hybridized carbons (Fsp3) is 0.727. The molecule has 7 heteroatoms. The Labute approximate surface area is 109 Å². The molecule has 0 fully saturated rings. The predicted molar refractivity (Wildman–Crippen MR) is 70.8 cm³/mol. The number of aryl methyl sites for hydroxylation is 2. The fourth-order valence-electron chi connectivity index (χ4n) is 1.93. The summed E-state index contributed by atoms with van der Waals surface area (Å²) in [6.45, 7) is 5.78. The molecule has 0 spiro atoms. The Kier molecular flexibility index (Phi) is 4.52. The molecule has 6 nitrogen and oxygen atoms in total. The number of nitrogens with zero attached hydrogens (tertiary/aromatic N) is 3. The number of rotatable bonds is 5. The van der Waals surface area contributed by atoms with Gasteiger partial charge in [0.15, 0.2) is 0 Å². The summed E-state index contributed by atoms with van der Waals surface area (Å²) in [5, 5.41) is 4.15. The van der Waals surface area contributed by atoms with E-state index in [0.29, 0.717) is 29.2 Å². The zero-order chi connectivity index (χ0) is 14.1. The monoisotopic (exact) mass is 274 g/mol. The van der Waals surface area contributed by atoms with Crippen molar-refractivity contribution >= 4 is 10.0 Å². The second kappa shape index (κ2) is 5.38. The van der Waals surface area contributed by atoms with E-state index in [4.69, 9.17) is 5.73 Å². The number of sulfonamides is 1. The van der Waals surface area contributed by atoms with Crippen LogP contribution in [0.25, 0.3) is 0 Å². The average Bonchev–Trinajstić information content (AvgIpc) is 2.52. The van der Waals surface area contributed by atoms with E-state index >= 15 is 0 Å². The maximum Gasteiger partial charge on any atom is 0.246 e. The number of hydrogen-bond acceptors (Lipinski definition) is 4. The van der Waals surface area contributed by atoms with E-state index in [2.05, 4.69) is 5.10 Å². The standard InChI is InChI=1S/C11H22N4O2S/c1-8(6-7-12)15(5)18(16,17)11-9(2)13-14(4)10(11)3/h8H,6-7,12H2,1-5H3. The van der Waals surface area contributed by atoms with Gasteiger partial charge in [0.1, 0.15) is 4.90 Å². The molecule has 0 bridgehead atoms. The van der Waals surface area contributed by atoms with Crippen LogP contribution in [0.5, 0.6) is 0 Å². The van der Waals surface area contributed by atoms with Gasteiger partial charge in [-0.05, 0) is 33.7 Å². The Morgan fingerprint density at radius 1 is 1.44 bits per heavy atom. The fourth-order valence-corrected chi connectivity index (χ4v) is 3.72. The minimum Gasteiger partial charge on any atom is -0.330 e. The number of aromatic nitrogens is 2. The van der Waals surface area contributed by atoms with E-state index in [-0.39, 0.29) is 6.04 Å². The highest BCUT2D eigenvalue weighted by molar-refractivity contribution is 7.89. The number of hydrogen-bond donors (Lipinski definition) is 1. The van der Waals surface area contributed by atoms with Crippen LogP contribution < -0.4 is 5.73 Å². The van der Waals surface area contributed by atoms with Crippen molar-refractivity contribution in [2.75, 3.05) is 13.6 Å². The van der Waals surface area contributed by atoms with Gasteiger partial charge in [0.25, 0.3) is 0 Å². The van der Waals surface area contributed by atoms with E-state index in [1.165, 1.54) is 4.31 Å². The molecule has 0 aliphatic rings. The van der Waals surface area contributed by atoms with Crippen LogP contribution in [-0.4, -0.2) is 42.1 Å². The first-order chi connectivity index (χ1) is 8.23. The van der Waals surface area contributed by atoms with Gasteiger partial charge in [0, 0.05) is 20.1 Å². The lowest BCUT2D eigenvalue weighted by Gasteiger charge is -2.24. The third-order valence-electron chi connectivity index (χ3n) is 3.28. The van der Waals surface area contributed by atoms with Gasteiger partial charge in [-0.15, -0.1) is 0 Å². The second-order valence-electron chi connectivity index (χ2n) is 4.57. The van der Waals surface area contributed by atoms with Crippen LogP contribution >= 0.6 is 0 Å². The minimum absolute atomic E-state index is 0.126. The largest absolute Gasteiger partial charge is 0.330 e. The molecule has 0 saturated heterocycles. The summed E-state index contributed by atoms with van der Waals surface area (Å²) in [7, 11) is -0.181. The van der Waals surface area contributed by atoms with Crippen LogP contribution in [0.2, 0.25) is 0 Å². The highest BCUT2D eigenvalue weighted by Crippen LogP contribution is 2.23. The third kappa shape index (κ3) is 2.57. The molecule has 1 rings (SSSR count). The van der Waals surface area contributed by atoms with Gasteiger partial charge in [-0.1, -0.05) is 0 Å². The first kappa shape index (κ1) is 15.1. The molecule has 1 atom stereocenters. The molecular formula is C11H22N4O2S. The van der Waals surface area contributed by atoms with Crippen molar-refractivity contribution < 1.29 is 8.42 Å². The lowest BCUT2D eigenvalue weighted by atomic mass is 10.2. The number of nitrogens with two attached hydrogens (primary N) is 1. The lowest BCUT2D eigenvalue weighted by molar-refractivity contribution is 0.374. The Balaban J connectivity index is 3.21. The van der Waals surface area contributed by atoms with Crippen LogP contribution in [-0.2, 0) is 17.1 Å². The molecule has 0 aliphatic carbocycles. The molecule has 0 aromatic carbocycles. The van der Waals surface area contributed by atoms with Crippen molar-refractivity contribution in [3.8, 4) is 0 Å². The summed E-state index contributed by atoms with van der Waals surface area (Å²) in [5.41, 5.74) is 6.66. The van der Waals surface area contributed by atoms with Gasteiger partial charge in [-0.3, -0.25) is 4.68 Å². The van der Waals surface area contributed by atoms with Crippen LogP contribution in [0.3, 0.4) is 0 Å². The molecule has 1 unspecified atom stereocenters. The van der Waals surface area contributed by atoms with Gasteiger partial charge in [0.2, 0.25) is 10.0 Å². The summed E-state index contributed by atoms with van der Waals surface area (Å²) in [5.74, 6) is 0. The Morgan fingerprint density at radius 3 is 2.39 bits per heavy atom. The first-order valence-corrected chi connectivity index (χ1v) is 7.35. The Bertz CT molecular complexity index is 521. The van der Waals surface area contributed by atoms with Crippen molar-refractivity contribution in [3.05, 3.63) is 11.4 Å². The summed E-state index contributed by atoms with van der Waals surface area (Å²) in [4.78, 5) is 0.302. The minimum atomic E-state index is -3.51. The molecule has 0 aliphatic heterocycles. The first-order valence-electron chi connectivity index (χ1n) is 5.91. The summed E-state index contributed by atoms with van der Waals surface area (Å²) < 4.78 is 28.0. The molecule has 0 saturated carbocycles. The maximum atomic E-state index is 12.5. The highest BCUT2D eigenvalue weighted by atomic mass is 32.2. The average molecular weight is 274 g/mol. The summed E-state index contributed by atoms with van der Waals surface area (Å²) >= 11 is 0. The quantitative estimate of drug-likeness (QED) is 0.842. The Morgan fingerprint density at radius 2 is 2.00 bits per heavy atom. The molecule has 2 N–H and O–H groups in total. The summed E-state index contributed by atoms with van der Waals surface area (Å²) in [6, 6.07) is -0.126. The van der Waals surface area contributed by atoms with Gasteiger partial charge < -0.3 is 5.73 Å². The van der Waals surface area contributed by atoms with Crippen LogP contribution in [0.4, 0.5) is 0 Å². The van der Waals surface area contributed by atoms with Crippen molar-refractivity contribution in [2.24, 2.45) is 12.8 Å². The zero-order valence-corrected chi connectivity index (χ0v) is 12.5. The molecule has 104 valence electrons. The maximum absolute atomic E-state index is 12.5. The topological polar surface area (TPSA) is 81.2 Å². The van der Waals surface area contributed by atoms with Crippen molar-refractivity contribution in [1.82, 2.24) is 14.1 Å². The van der Waals surface area contributed by atoms with Gasteiger partial charge >= 0.3 is 0 Å². The smallest absolute Gasteiger partial charge is 0.246 e. The second-order valence-corrected chi connectivity index (χ2v) is 6.51. The van der Waals surface area contributed by atoms with Crippen molar-refractivity contribution in [3.63, 3.8) is 0 Å². The summed E-state index contributed by atoms with van der Waals surface area (Å²) in [6.07, 6.45) is 0.633. The van der Waals surface area contributed by atoms with E-state index < -0.39 is 10.0 Å². The third-order valence-corrected chi connectivity index (χ3v) is 5.51. The van der Waals surface area contributed by atoms with E-state index in [0.717, 1.165) is 0 Å². The molecule has 1 aromatic heterocycles. The molecular weight excluding hydrogens is 252 g/mol. The normalized spacial score (nSPS) is 14.2. The Hall–Kier alpha value is -0.920. The lowest BCUT2D eigenvalue weighted by Crippen LogP contribution is -2.36. The molecule has 1 aromatic rings. The predicted octanol–water partition coefficient (Wildman–Crippen LogP) is 0.395. The van der Waals surface area contributed by atoms with E-state index in [1.807, 2.05) is 6.92 Å². The van der Waals surface area contributed by atoms with Crippen molar-refractivity contribution in [1.29, 1.82) is 0 Å². The highest BCUT2D eigenvalue weighted by Gasteiger charge is 2.30. The van der Waals surface area contributed by atoms with Gasteiger partial charge in [-0.25, -0.2) is 8.42 Å².